The number of rotatable bonds is 9. The van der Waals surface area contributed by atoms with Gasteiger partial charge in [-0.3, -0.25) is 4.98 Å². The van der Waals surface area contributed by atoms with E-state index in [1.165, 1.54) is 18.5 Å². The number of halogens is 2. The number of pyridine rings is 2. The zero-order chi connectivity index (χ0) is 28.6. The van der Waals surface area contributed by atoms with Gasteiger partial charge in [0.2, 0.25) is 5.95 Å². The fraction of sp³-hybridized carbons (Fsp3) is 0.233. The van der Waals surface area contributed by atoms with Crippen molar-refractivity contribution in [1.29, 1.82) is 5.26 Å². The van der Waals surface area contributed by atoms with E-state index in [-0.39, 0.29) is 6.04 Å². The molecule has 5 aromatic rings. The lowest BCUT2D eigenvalue weighted by Gasteiger charge is -2.31. The van der Waals surface area contributed by atoms with Gasteiger partial charge in [-0.25, -0.2) is 9.67 Å². The summed E-state index contributed by atoms with van der Waals surface area (Å²) < 4.78 is 15.6. The van der Waals surface area contributed by atoms with Crippen molar-refractivity contribution in [3.63, 3.8) is 0 Å². The highest BCUT2D eigenvalue weighted by atomic mass is 35.5. The van der Waals surface area contributed by atoms with Crippen LogP contribution in [0.4, 0.5) is 15.8 Å². The highest BCUT2D eigenvalue weighted by molar-refractivity contribution is 6.36. The van der Waals surface area contributed by atoms with Gasteiger partial charge in [-0.2, -0.15) is 9.65 Å². The van der Waals surface area contributed by atoms with Crippen molar-refractivity contribution in [2.75, 3.05) is 10.6 Å². The molecule has 6 rings (SSSR count). The molecule has 0 saturated heterocycles. The second-order valence-corrected chi connectivity index (χ2v) is 10.6. The molecule has 202 valence electrons. The molecular formula is C30H25BClFN8. The van der Waals surface area contributed by atoms with Crippen LogP contribution in [0.3, 0.4) is 0 Å². The van der Waals surface area contributed by atoms with E-state index >= 15 is 0 Å². The molecule has 0 bridgehead atoms. The maximum Gasteiger partial charge on any atom is 0.212 e. The van der Waals surface area contributed by atoms with Gasteiger partial charge in [-0.15, -0.1) is 5.10 Å². The minimum Gasteiger partial charge on any atom is -0.378 e. The van der Waals surface area contributed by atoms with Crippen molar-refractivity contribution < 1.29 is 4.39 Å². The van der Waals surface area contributed by atoms with Crippen LogP contribution in [0.1, 0.15) is 60.7 Å². The van der Waals surface area contributed by atoms with Crippen LogP contribution in [0, 0.1) is 17.3 Å². The predicted octanol–water partition coefficient (Wildman–Crippen LogP) is 6.27. The third-order valence-corrected chi connectivity index (χ3v) is 7.62. The van der Waals surface area contributed by atoms with Crippen LogP contribution in [0.25, 0.3) is 10.9 Å². The van der Waals surface area contributed by atoms with Gasteiger partial charge < -0.3 is 10.6 Å². The van der Waals surface area contributed by atoms with Crippen molar-refractivity contribution >= 4 is 41.7 Å². The van der Waals surface area contributed by atoms with E-state index in [1.807, 2.05) is 36.4 Å². The third kappa shape index (κ3) is 5.21. The first-order chi connectivity index (χ1) is 19.9. The fourth-order valence-corrected chi connectivity index (χ4v) is 5.22. The molecule has 3 heterocycles. The molecule has 2 aromatic carbocycles. The Kier molecular flexibility index (Phi) is 7.06. The maximum atomic E-state index is 13.8. The molecule has 1 saturated carbocycles. The largest absolute Gasteiger partial charge is 0.378 e. The predicted molar refractivity (Wildman–Crippen MR) is 157 cm³/mol. The molecule has 8 nitrogen and oxygen atoms in total. The number of fused-ring (bicyclic) bond motifs is 1. The number of nitrogens with zero attached hydrogens (tertiary/aromatic N) is 6. The Morgan fingerprint density at radius 3 is 2.66 bits per heavy atom. The van der Waals surface area contributed by atoms with Crippen molar-refractivity contribution in [3.05, 3.63) is 107 Å². The smallest absolute Gasteiger partial charge is 0.212 e. The Balaban J connectivity index is 1.46. The van der Waals surface area contributed by atoms with Gasteiger partial charge >= 0.3 is 0 Å². The summed E-state index contributed by atoms with van der Waals surface area (Å²) in [5.74, 6) is -0.624. The van der Waals surface area contributed by atoms with E-state index in [9.17, 15) is 9.65 Å². The Bertz CT molecular complexity index is 1750. The minimum absolute atomic E-state index is 0.0550. The average molecular weight is 563 g/mol. The molecule has 0 amide bonds. The van der Waals surface area contributed by atoms with Crippen LogP contribution in [-0.4, -0.2) is 32.8 Å². The highest BCUT2D eigenvalue weighted by Gasteiger charge is 2.34. The van der Waals surface area contributed by atoms with Gasteiger partial charge in [0.1, 0.15) is 19.6 Å². The summed E-state index contributed by atoms with van der Waals surface area (Å²) in [7, 11) is 7.01. The number of aromatic nitrogens is 5. The fourth-order valence-electron chi connectivity index (χ4n) is 4.95. The molecule has 41 heavy (non-hydrogen) atoms. The lowest BCUT2D eigenvalue weighted by atomic mass is 9.70. The Labute approximate surface area is 243 Å². The molecular weight excluding hydrogens is 538 g/mol. The summed E-state index contributed by atoms with van der Waals surface area (Å²) in [5, 5.41) is 26.5. The van der Waals surface area contributed by atoms with E-state index in [0.29, 0.717) is 50.2 Å². The standard InChI is InChI=1S/C30H25BClFN8/c1-2-25(18-6-4-3-5-7-18)37-28-19(14-34)15-36-29-23(28)12-21(13-24(29)32)38-30(31,20-8-11-27(33)35-16-20)26-17-41(40-39-26)22-9-10-22/h3-8,11-13,15-17,22,25,38H,2,9-10H2,1H3,(H,36,37)/t25-,30?/m1/s1. The van der Waals surface area contributed by atoms with Gasteiger partial charge in [0.05, 0.1) is 45.5 Å². The molecule has 0 spiro atoms. The molecule has 0 aliphatic heterocycles. The number of anilines is 2. The van der Waals surface area contributed by atoms with Crippen LogP contribution >= 0.6 is 11.6 Å². The number of hydrogen-bond donors (Lipinski definition) is 2. The zero-order valence-corrected chi connectivity index (χ0v) is 23.0. The topological polar surface area (TPSA) is 104 Å². The van der Waals surface area contributed by atoms with Gasteiger partial charge in [0.25, 0.3) is 0 Å². The number of hydrogen-bond acceptors (Lipinski definition) is 7. The van der Waals surface area contributed by atoms with Gasteiger partial charge in [0, 0.05) is 23.5 Å². The van der Waals surface area contributed by atoms with Crippen LogP contribution in [-0.2, 0) is 5.44 Å². The average Bonchev–Trinajstić information content (AvgIpc) is 3.72. The van der Waals surface area contributed by atoms with Gasteiger partial charge in [0.15, 0.2) is 0 Å². The van der Waals surface area contributed by atoms with Gasteiger partial charge in [-0.1, -0.05) is 60.1 Å². The quantitative estimate of drug-likeness (QED) is 0.161. The third-order valence-electron chi connectivity index (χ3n) is 7.33. The molecule has 3 aromatic heterocycles. The van der Waals surface area contributed by atoms with Crippen LogP contribution in [0.5, 0.6) is 0 Å². The molecule has 1 fully saturated rings. The first-order valence-corrected chi connectivity index (χ1v) is 13.7. The summed E-state index contributed by atoms with van der Waals surface area (Å²) in [6.45, 7) is 2.08. The second kappa shape index (κ2) is 10.8. The highest BCUT2D eigenvalue weighted by Crippen LogP contribution is 2.39. The molecule has 2 N–H and O–H groups in total. The molecule has 2 atom stereocenters. The normalized spacial score (nSPS) is 15.2. The van der Waals surface area contributed by atoms with E-state index in [2.05, 4.69) is 43.9 Å². The summed E-state index contributed by atoms with van der Waals surface area (Å²) in [6.07, 6.45) is 7.52. The number of benzene rings is 2. The van der Waals surface area contributed by atoms with Crippen LogP contribution < -0.4 is 10.6 Å². The van der Waals surface area contributed by atoms with E-state index in [1.54, 1.807) is 23.0 Å². The summed E-state index contributed by atoms with van der Waals surface area (Å²) in [5.41, 5.74) is 2.66. The van der Waals surface area contributed by atoms with Gasteiger partial charge in [-0.05, 0) is 48.6 Å². The Morgan fingerprint density at radius 1 is 1.17 bits per heavy atom. The molecule has 2 radical (unpaired) electrons. The van der Waals surface area contributed by atoms with Crippen LogP contribution in [0.15, 0.2) is 73.2 Å². The van der Waals surface area contributed by atoms with E-state index in [0.717, 1.165) is 24.8 Å². The Morgan fingerprint density at radius 2 is 1.98 bits per heavy atom. The first kappa shape index (κ1) is 26.7. The summed E-state index contributed by atoms with van der Waals surface area (Å²) >= 11 is 6.76. The maximum absolute atomic E-state index is 13.8. The molecule has 1 aliphatic carbocycles. The lowest BCUT2D eigenvalue weighted by molar-refractivity contribution is 0.580. The second-order valence-electron chi connectivity index (χ2n) is 10.1. The van der Waals surface area contributed by atoms with Crippen LogP contribution in [0.2, 0.25) is 5.02 Å². The zero-order valence-electron chi connectivity index (χ0n) is 22.2. The lowest BCUT2D eigenvalue weighted by Crippen LogP contribution is -2.38. The van der Waals surface area contributed by atoms with Crippen molar-refractivity contribution in [1.82, 2.24) is 25.0 Å². The SMILES string of the molecule is [B]C(Nc1cc(Cl)c2ncc(C#N)c(N[C@H](CC)c3ccccc3)c2c1)(c1ccc(F)nc1)c1cn(C2CC2)nn1. The number of nitrogens with one attached hydrogen (secondary N) is 2. The van der Waals surface area contributed by atoms with Crippen molar-refractivity contribution in [2.45, 2.75) is 43.7 Å². The number of nitriles is 1. The molecule has 1 unspecified atom stereocenters. The Hall–Kier alpha value is -4.49. The molecule has 11 heteroatoms. The van der Waals surface area contributed by atoms with E-state index < -0.39 is 11.4 Å². The summed E-state index contributed by atoms with van der Waals surface area (Å²) in [6, 6.07) is 18.9. The van der Waals surface area contributed by atoms with E-state index in [4.69, 9.17) is 19.4 Å². The first-order valence-electron chi connectivity index (χ1n) is 13.3. The monoisotopic (exact) mass is 562 g/mol. The minimum atomic E-state index is -1.42. The summed E-state index contributed by atoms with van der Waals surface area (Å²) in [4.78, 5) is 8.30. The molecule has 1 aliphatic rings. The van der Waals surface area contributed by atoms with Crippen molar-refractivity contribution in [2.24, 2.45) is 0 Å². The van der Waals surface area contributed by atoms with Crippen molar-refractivity contribution in [3.8, 4) is 6.07 Å².